The number of esters is 1. The summed E-state index contributed by atoms with van der Waals surface area (Å²) in [6.45, 7) is 3.89. The Kier molecular flexibility index (Phi) is 4.80. The van der Waals surface area contributed by atoms with Gasteiger partial charge in [-0.2, -0.15) is 0 Å². The number of aromatic nitrogens is 3. The number of benzene rings is 1. The highest BCUT2D eigenvalue weighted by Gasteiger charge is 2.22. The normalized spacial score (nSPS) is 12.0. The fourth-order valence-corrected chi connectivity index (χ4v) is 2.17. The Bertz CT molecular complexity index is 625. The molecule has 0 radical (unpaired) electrons. The van der Waals surface area contributed by atoms with Crippen LogP contribution in [0.5, 0.6) is 5.75 Å². The second kappa shape index (κ2) is 6.58. The van der Waals surface area contributed by atoms with Crippen LogP contribution in [0.15, 0.2) is 24.3 Å². The van der Waals surface area contributed by atoms with Crippen LogP contribution in [0.2, 0.25) is 5.15 Å². The van der Waals surface area contributed by atoms with E-state index in [-0.39, 0.29) is 23.5 Å². The molecule has 2 rings (SSSR count). The molecule has 0 amide bonds. The molecule has 0 saturated heterocycles. The largest absolute Gasteiger partial charge is 0.497 e. The van der Waals surface area contributed by atoms with Crippen LogP contribution in [0.1, 0.15) is 35.9 Å². The molecule has 1 unspecified atom stereocenters. The van der Waals surface area contributed by atoms with Crippen molar-refractivity contribution in [2.45, 2.75) is 19.9 Å². The van der Waals surface area contributed by atoms with Crippen LogP contribution < -0.4 is 4.74 Å². The van der Waals surface area contributed by atoms with Crippen molar-refractivity contribution in [1.82, 2.24) is 15.0 Å². The first-order chi connectivity index (χ1) is 10.1. The van der Waals surface area contributed by atoms with E-state index in [1.165, 1.54) is 4.68 Å². The summed E-state index contributed by atoms with van der Waals surface area (Å²) in [5, 5.41) is 7.90. The van der Waals surface area contributed by atoms with Crippen molar-refractivity contribution in [3.05, 3.63) is 40.7 Å². The average Bonchev–Trinajstić information content (AvgIpc) is 2.88. The van der Waals surface area contributed by atoms with E-state index in [1.807, 2.05) is 31.2 Å². The number of rotatable bonds is 5. The molecule has 0 aliphatic heterocycles. The molecular weight excluding hydrogens is 294 g/mol. The number of nitrogens with zero attached hydrogens (tertiary/aromatic N) is 3. The van der Waals surface area contributed by atoms with Crippen molar-refractivity contribution in [1.29, 1.82) is 0 Å². The standard InChI is InChI=1S/C14H16ClN3O3/c1-4-21-14(19)12-13(15)18(17-16-12)9(2)10-5-7-11(20-3)8-6-10/h5-9H,4H2,1-3H3. The van der Waals surface area contributed by atoms with Gasteiger partial charge in [-0.1, -0.05) is 28.9 Å². The zero-order chi connectivity index (χ0) is 15.4. The molecule has 0 aliphatic rings. The molecule has 1 atom stereocenters. The second-order valence-corrected chi connectivity index (χ2v) is 4.70. The Hall–Kier alpha value is -2.08. The summed E-state index contributed by atoms with van der Waals surface area (Å²) in [4.78, 5) is 11.7. The highest BCUT2D eigenvalue weighted by Crippen LogP contribution is 2.25. The van der Waals surface area contributed by atoms with Gasteiger partial charge in [-0.05, 0) is 31.5 Å². The molecule has 0 N–H and O–H groups in total. The van der Waals surface area contributed by atoms with Gasteiger partial charge in [0.05, 0.1) is 19.8 Å². The van der Waals surface area contributed by atoms with E-state index in [0.29, 0.717) is 0 Å². The van der Waals surface area contributed by atoms with Gasteiger partial charge in [-0.25, -0.2) is 9.48 Å². The molecule has 6 nitrogen and oxygen atoms in total. The van der Waals surface area contributed by atoms with E-state index in [0.717, 1.165) is 11.3 Å². The summed E-state index contributed by atoms with van der Waals surface area (Å²) in [5.41, 5.74) is 0.997. The molecule has 0 spiro atoms. The Morgan fingerprint density at radius 1 is 1.38 bits per heavy atom. The smallest absolute Gasteiger partial charge is 0.362 e. The van der Waals surface area contributed by atoms with Gasteiger partial charge in [0.15, 0.2) is 5.15 Å². The van der Waals surface area contributed by atoms with Crippen LogP contribution >= 0.6 is 11.6 Å². The van der Waals surface area contributed by atoms with E-state index in [1.54, 1.807) is 14.0 Å². The van der Waals surface area contributed by atoms with E-state index >= 15 is 0 Å². The molecule has 21 heavy (non-hydrogen) atoms. The number of hydrogen-bond acceptors (Lipinski definition) is 5. The van der Waals surface area contributed by atoms with Crippen LogP contribution in [0.4, 0.5) is 0 Å². The SMILES string of the molecule is CCOC(=O)c1nnn(C(C)c2ccc(OC)cc2)c1Cl. The van der Waals surface area contributed by atoms with Gasteiger partial charge in [-0.3, -0.25) is 0 Å². The van der Waals surface area contributed by atoms with Gasteiger partial charge >= 0.3 is 5.97 Å². The summed E-state index contributed by atoms with van der Waals surface area (Å²) in [6, 6.07) is 7.35. The topological polar surface area (TPSA) is 66.2 Å². The molecule has 0 fully saturated rings. The van der Waals surface area contributed by atoms with Crippen LogP contribution in [0.25, 0.3) is 0 Å². The lowest BCUT2D eigenvalue weighted by Crippen LogP contribution is -2.10. The lowest BCUT2D eigenvalue weighted by molar-refractivity contribution is 0.0519. The molecule has 7 heteroatoms. The monoisotopic (exact) mass is 309 g/mol. The van der Waals surface area contributed by atoms with Crippen molar-refractivity contribution < 1.29 is 14.3 Å². The van der Waals surface area contributed by atoms with Crippen molar-refractivity contribution in [2.75, 3.05) is 13.7 Å². The maximum Gasteiger partial charge on any atom is 0.362 e. The van der Waals surface area contributed by atoms with Crippen molar-refractivity contribution in [3.63, 3.8) is 0 Å². The molecule has 0 aliphatic carbocycles. The zero-order valence-electron chi connectivity index (χ0n) is 12.0. The van der Waals surface area contributed by atoms with Crippen molar-refractivity contribution in [2.24, 2.45) is 0 Å². The molecule has 0 bridgehead atoms. The molecule has 0 saturated carbocycles. The molecule has 1 aromatic carbocycles. The number of carbonyl (C=O) groups is 1. The molecule has 1 heterocycles. The number of ether oxygens (including phenoxy) is 2. The van der Waals surface area contributed by atoms with Gasteiger partial charge in [-0.15, -0.1) is 5.10 Å². The first-order valence-electron chi connectivity index (χ1n) is 6.50. The number of halogens is 1. The van der Waals surface area contributed by atoms with Crippen molar-refractivity contribution in [3.8, 4) is 5.75 Å². The molecule has 2 aromatic rings. The van der Waals surface area contributed by atoms with E-state index in [4.69, 9.17) is 21.1 Å². The summed E-state index contributed by atoms with van der Waals surface area (Å²) >= 11 is 6.17. The second-order valence-electron chi connectivity index (χ2n) is 4.34. The van der Waals surface area contributed by atoms with Gasteiger partial charge < -0.3 is 9.47 Å². The third kappa shape index (κ3) is 3.16. The van der Waals surface area contributed by atoms with Gasteiger partial charge in [0.1, 0.15) is 5.75 Å². The third-order valence-corrected chi connectivity index (χ3v) is 3.42. The maximum atomic E-state index is 11.7. The lowest BCUT2D eigenvalue weighted by Gasteiger charge is -2.13. The zero-order valence-corrected chi connectivity index (χ0v) is 12.8. The van der Waals surface area contributed by atoms with Gasteiger partial charge in [0, 0.05) is 0 Å². The lowest BCUT2D eigenvalue weighted by atomic mass is 10.1. The first-order valence-corrected chi connectivity index (χ1v) is 6.88. The maximum absolute atomic E-state index is 11.7. The van der Waals surface area contributed by atoms with E-state index in [9.17, 15) is 4.79 Å². The number of carbonyl (C=O) groups excluding carboxylic acids is 1. The van der Waals surface area contributed by atoms with Gasteiger partial charge in [0.25, 0.3) is 0 Å². The molecular formula is C14H16ClN3O3. The average molecular weight is 310 g/mol. The minimum absolute atomic E-state index is 0.0267. The first kappa shape index (κ1) is 15.3. The highest BCUT2D eigenvalue weighted by molar-refractivity contribution is 6.32. The number of methoxy groups -OCH3 is 1. The minimum Gasteiger partial charge on any atom is -0.497 e. The third-order valence-electron chi connectivity index (χ3n) is 3.07. The van der Waals surface area contributed by atoms with E-state index in [2.05, 4.69) is 10.3 Å². The Balaban J connectivity index is 2.26. The van der Waals surface area contributed by atoms with Crippen LogP contribution in [-0.4, -0.2) is 34.7 Å². The Morgan fingerprint density at radius 3 is 2.62 bits per heavy atom. The van der Waals surface area contributed by atoms with E-state index < -0.39 is 5.97 Å². The Morgan fingerprint density at radius 2 is 2.05 bits per heavy atom. The molecule has 1 aromatic heterocycles. The van der Waals surface area contributed by atoms with Gasteiger partial charge in [0.2, 0.25) is 5.69 Å². The minimum atomic E-state index is -0.573. The summed E-state index contributed by atoms with van der Waals surface area (Å²) in [5.74, 6) is 0.193. The predicted molar refractivity (Wildman–Crippen MR) is 77.8 cm³/mol. The van der Waals surface area contributed by atoms with Crippen LogP contribution in [0, 0.1) is 0 Å². The number of hydrogen-bond donors (Lipinski definition) is 0. The summed E-state index contributed by atoms with van der Waals surface area (Å²) < 4.78 is 11.5. The quantitative estimate of drug-likeness (QED) is 0.794. The van der Waals surface area contributed by atoms with Crippen LogP contribution in [-0.2, 0) is 4.74 Å². The molecule has 112 valence electrons. The summed E-state index contributed by atoms with van der Waals surface area (Å²) in [6.07, 6.45) is 0. The van der Waals surface area contributed by atoms with Crippen LogP contribution in [0.3, 0.4) is 0 Å². The summed E-state index contributed by atoms with van der Waals surface area (Å²) in [7, 11) is 1.61. The fraction of sp³-hybridized carbons (Fsp3) is 0.357. The highest BCUT2D eigenvalue weighted by atomic mass is 35.5. The predicted octanol–water partition coefficient (Wildman–Crippen LogP) is 2.73. The Labute approximate surface area is 127 Å². The fourth-order valence-electron chi connectivity index (χ4n) is 1.88. The van der Waals surface area contributed by atoms with Crippen molar-refractivity contribution >= 4 is 17.6 Å².